The van der Waals surface area contributed by atoms with Crippen LogP contribution < -0.4 is 9.86 Å². The summed E-state index contributed by atoms with van der Waals surface area (Å²) in [4.78, 5) is 0.0151. The molecule has 0 aliphatic heterocycles. The fourth-order valence-electron chi connectivity index (χ4n) is 2.71. The van der Waals surface area contributed by atoms with Gasteiger partial charge in [-0.15, -0.1) is 0 Å². The number of sulfonamides is 2. The van der Waals surface area contributed by atoms with E-state index in [9.17, 15) is 16.8 Å². The Labute approximate surface area is 132 Å². The standard InChI is InChI=1S/C14H22N2O4S2/c15-22(19,20)14-8-6-12(7-9-14)10-16-21(17,18)11-13-4-2-1-3-5-13/h6-9,13,16H,1-5,10-11H2,(H2,15,19,20). The van der Waals surface area contributed by atoms with Crippen molar-refractivity contribution in [1.82, 2.24) is 4.72 Å². The zero-order valence-electron chi connectivity index (χ0n) is 12.4. The van der Waals surface area contributed by atoms with E-state index < -0.39 is 20.0 Å². The topological polar surface area (TPSA) is 106 Å². The summed E-state index contributed by atoms with van der Waals surface area (Å²) in [7, 11) is -7.03. The van der Waals surface area contributed by atoms with Gasteiger partial charge in [-0.2, -0.15) is 0 Å². The van der Waals surface area contributed by atoms with Crippen molar-refractivity contribution in [3.8, 4) is 0 Å². The summed E-state index contributed by atoms with van der Waals surface area (Å²) in [5.74, 6) is 0.415. The molecule has 1 aromatic rings. The van der Waals surface area contributed by atoms with Crippen molar-refractivity contribution in [2.45, 2.75) is 43.5 Å². The van der Waals surface area contributed by atoms with Gasteiger partial charge in [0.1, 0.15) is 0 Å². The molecular formula is C14H22N2O4S2. The molecule has 3 N–H and O–H groups in total. The zero-order valence-corrected chi connectivity index (χ0v) is 14.0. The summed E-state index contributed by atoms with van der Waals surface area (Å²) < 4.78 is 49.0. The highest BCUT2D eigenvalue weighted by atomic mass is 32.2. The lowest BCUT2D eigenvalue weighted by atomic mass is 9.91. The molecule has 1 aliphatic carbocycles. The lowest BCUT2D eigenvalue weighted by molar-refractivity contribution is 0.384. The Hall–Kier alpha value is -0.960. The molecular weight excluding hydrogens is 324 g/mol. The van der Waals surface area contributed by atoms with E-state index in [1.54, 1.807) is 12.1 Å². The summed E-state index contributed by atoms with van der Waals surface area (Å²) in [6.07, 6.45) is 5.36. The molecule has 1 fully saturated rings. The van der Waals surface area contributed by atoms with Crippen LogP contribution in [0.2, 0.25) is 0 Å². The summed E-state index contributed by atoms with van der Waals surface area (Å²) >= 11 is 0. The van der Waals surface area contributed by atoms with Crippen molar-refractivity contribution in [1.29, 1.82) is 0 Å². The number of rotatable bonds is 6. The highest BCUT2D eigenvalue weighted by Crippen LogP contribution is 2.24. The van der Waals surface area contributed by atoms with Crippen LogP contribution in [0.1, 0.15) is 37.7 Å². The number of benzene rings is 1. The zero-order chi connectivity index (χ0) is 16.2. The number of hydrogen-bond donors (Lipinski definition) is 2. The minimum atomic E-state index is -3.72. The van der Waals surface area contributed by atoms with E-state index in [2.05, 4.69) is 4.72 Å². The Morgan fingerprint density at radius 1 is 1.00 bits per heavy atom. The molecule has 2 rings (SSSR count). The Bertz CT molecular complexity index is 691. The van der Waals surface area contributed by atoms with Crippen LogP contribution in [0.5, 0.6) is 0 Å². The van der Waals surface area contributed by atoms with Gasteiger partial charge in [0, 0.05) is 6.54 Å². The molecule has 0 aromatic heterocycles. The molecule has 124 valence electrons. The Morgan fingerprint density at radius 2 is 1.59 bits per heavy atom. The maximum Gasteiger partial charge on any atom is 0.238 e. The fourth-order valence-corrected chi connectivity index (χ4v) is 4.69. The molecule has 8 heteroatoms. The molecule has 0 saturated heterocycles. The Morgan fingerprint density at radius 3 is 2.14 bits per heavy atom. The van der Waals surface area contributed by atoms with E-state index in [1.807, 2.05) is 0 Å². The van der Waals surface area contributed by atoms with Gasteiger partial charge in [-0.05, 0) is 36.5 Å². The molecule has 0 unspecified atom stereocenters. The van der Waals surface area contributed by atoms with Gasteiger partial charge in [-0.1, -0.05) is 31.4 Å². The van der Waals surface area contributed by atoms with E-state index in [0.29, 0.717) is 5.56 Å². The van der Waals surface area contributed by atoms with E-state index in [0.717, 1.165) is 25.7 Å². The van der Waals surface area contributed by atoms with Crippen LogP contribution in [0, 0.1) is 5.92 Å². The van der Waals surface area contributed by atoms with Gasteiger partial charge in [-0.25, -0.2) is 26.7 Å². The van der Waals surface area contributed by atoms with E-state index in [-0.39, 0.29) is 23.1 Å². The molecule has 0 spiro atoms. The SMILES string of the molecule is NS(=O)(=O)c1ccc(CNS(=O)(=O)CC2CCCCC2)cc1. The van der Waals surface area contributed by atoms with Gasteiger partial charge in [0.15, 0.2) is 0 Å². The molecule has 22 heavy (non-hydrogen) atoms. The van der Waals surface area contributed by atoms with Gasteiger partial charge >= 0.3 is 0 Å². The highest BCUT2D eigenvalue weighted by molar-refractivity contribution is 7.89. The lowest BCUT2D eigenvalue weighted by Gasteiger charge is -2.21. The van der Waals surface area contributed by atoms with Gasteiger partial charge < -0.3 is 0 Å². The molecule has 0 bridgehead atoms. The van der Waals surface area contributed by atoms with Crippen molar-refractivity contribution >= 4 is 20.0 Å². The first kappa shape index (κ1) is 17.4. The first-order valence-corrected chi connectivity index (χ1v) is 10.6. The lowest BCUT2D eigenvalue weighted by Crippen LogP contribution is -2.30. The van der Waals surface area contributed by atoms with Crippen molar-refractivity contribution in [2.75, 3.05) is 5.75 Å². The summed E-state index contributed by atoms with van der Waals surface area (Å²) in [6, 6.07) is 5.87. The van der Waals surface area contributed by atoms with Crippen LogP contribution in [0.25, 0.3) is 0 Å². The molecule has 0 radical (unpaired) electrons. The number of hydrogen-bond acceptors (Lipinski definition) is 4. The molecule has 0 heterocycles. The molecule has 1 aliphatic rings. The van der Waals surface area contributed by atoms with Gasteiger partial charge in [0.2, 0.25) is 20.0 Å². The maximum atomic E-state index is 12.1. The third-order valence-electron chi connectivity index (χ3n) is 3.93. The first-order chi connectivity index (χ1) is 10.3. The van der Waals surface area contributed by atoms with Crippen molar-refractivity contribution < 1.29 is 16.8 Å². The normalized spacial score (nSPS) is 17.5. The summed E-state index contributed by atoms with van der Waals surface area (Å²) in [5.41, 5.74) is 0.694. The smallest absolute Gasteiger partial charge is 0.225 e. The maximum absolute atomic E-state index is 12.1. The van der Waals surface area contributed by atoms with Gasteiger partial charge in [0.25, 0.3) is 0 Å². The van der Waals surface area contributed by atoms with E-state index in [4.69, 9.17) is 5.14 Å². The van der Waals surface area contributed by atoms with E-state index in [1.165, 1.54) is 18.6 Å². The molecule has 6 nitrogen and oxygen atoms in total. The predicted molar refractivity (Wildman–Crippen MR) is 85.0 cm³/mol. The van der Waals surface area contributed by atoms with Crippen LogP contribution in [-0.4, -0.2) is 22.6 Å². The van der Waals surface area contributed by atoms with Crippen LogP contribution in [-0.2, 0) is 26.6 Å². The number of nitrogens with one attached hydrogen (secondary N) is 1. The first-order valence-electron chi connectivity index (χ1n) is 7.35. The second kappa shape index (κ2) is 7.08. The second-order valence-electron chi connectivity index (χ2n) is 5.80. The summed E-state index contributed by atoms with van der Waals surface area (Å²) in [6.45, 7) is 0.153. The quantitative estimate of drug-likeness (QED) is 0.810. The van der Waals surface area contributed by atoms with Crippen molar-refractivity contribution in [3.63, 3.8) is 0 Å². The molecule has 1 saturated carbocycles. The largest absolute Gasteiger partial charge is 0.238 e. The minimum absolute atomic E-state index is 0.0151. The number of nitrogens with two attached hydrogens (primary N) is 1. The Kier molecular flexibility index (Phi) is 5.60. The summed E-state index contributed by atoms with van der Waals surface area (Å²) in [5, 5.41) is 5.01. The molecule has 0 atom stereocenters. The monoisotopic (exact) mass is 346 g/mol. The third-order valence-corrected chi connectivity index (χ3v) is 6.35. The van der Waals surface area contributed by atoms with Gasteiger partial charge in [-0.3, -0.25) is 0 Å². The molecule has 1 aromatic carbocycles. The van der Waals surface area contributed by atoms with Crippen LogP contribution >= 0.6 is 0 Å². The minimum Gasteiger partial charge on any atom is -0.225 e. The highest BCUT2D eigenvalue weighted by Gasteiger charge is 2.21. The van der Waals surface area contributed by atoms with Crippen molar-refractivity contribution in [2.24, 2.45) is 11.1 Å². The number of primary sulfonamides is 1. The van der Waals surface area contributed by atoms with Crippen LogP contribution in [0.4, 0.5) is 0 Å². The average molecular weight is 346 g/mol. The van der Waals surface area contributed by atoms with Crippen LogP contribution in [0.15, 0.2) is 29.2 Å². The van der Waals surface area contributed by atoms with Gasteiger partial charge in [0.05, 0.1) is 10.6 Å². The average Bonchev–Trinajstić information content (AvgIpc) is 2.45. The van der Waals surface area contributed by atoms with Crippen molar-refractivity contribution in [3.05, 3.63) is 29.8 Å². The predicted octanol–water partition coefficient (Wildman–Crippen LogP) is 1.33. The second-order valence-corrected chi connectivity index (χ2v) is 9.21. The van der Waals surface area contributed by atoms with Crippen LogP contribution in [0.3, 0.4) is 0 Å². The fraction of sp³-hybridized carbons (Fsp3) is 0.571. The van der Waals surface area contributed by atoms with E-state index >= 15 is 0 Å². The third kappa shape index (κ3) is 5.35. The molecule has 0 amide bonds. The Balaban J connectivity index is 1.91.